The molecule has 1 fully saturated rings. The summed E-state index contributed by atoms with van der Waals surface area (Å²) in [6.45, 7) is 1.63. The molecule has 0 saturated carbocycles. The minimum absolute atomic E-state index is 0.00306. The SMILES string of the molecule is COc1ccccc1-c1ccccc1CN1CCCC[C@H]1c1[nH]ncc1S(C)(=O)=O. The van der Waals surface area contributed by atoms with Gasteiger partial charge in [-0.15, -0.1) is 0 Å². The van der Waals surface area contributed by atoms with E-state index in [2.05, 4.69) is 33.3 Å². The van der Waals surface area contributed by atoms with Crippen molar-refractivity contribution >= 4 is 9.84 Å². The van der Waals surface area contributed by atoms with Crippen molar-refractivity contribution in [1.82, 2.24) is 15.1 Å². The van der Waals surface area contributed by atoms with Gasteiger partial charge in [0.2, 0.25) is 0 Å². The van der Waals surface area contributed by atoms with Gasteiger partial charge in [-0.25, -0.2) is 8.42 Å². The first-order chi connectivity index (χ1) is 14.5. The van der Waals surface area contributed by atoms with Crippen LogP contribution in [0.1, 0.15) is 36.6 Å². The van der Waals surface area contributed by atoms with Gasteiger partial charge >= 0.3 is 0 Å². The summed E-state index contributed by atoms with van der Waals surface area (Å²) in [6.07, 6.45) is 5.74. The fourth-order valence-electron chi connectivity index (χ4n) is 4.33. The number of aromatic nitrogens is 2. The van der Waals surface area contributed by atoms with Crippen LogP contribution in [0.4, 0.5) is 0 Å². The molecule has 0 bridgehead atoms. The van der Waals surface area contributed by atoms with Crippen molar-refractivity contribution in [1.29, 1.82) is 0 Å². The van der Waals surface area contributed by atoms with E-state index in [4.69, 9.17) is 4.74 Å². The summed E-state index contributed by atoms with van der Waals surface area (Å²) >= 11 is 0. The molecule has 1 atom stereocenters. The number of hydrogen-bond acceptors (Lipinski definition) is 5. The van der Waals surface area contributed by atoms with E-state index >= 15 is 0 Å². The molecular formula is C23H27N3O3S. The fourth-order valence-corrected chi connectivity index (χ4v) is 5.16. The summed E-state index contributed by atoms with van der Waals surface area (Å²) in [7, 11) is -1.65. The van der Waals surface area contributed by atoms with Crippen LogP contribution in [-0.4, -0.2) is 43.4 Å². The van der Waals surface area contributed by atoms with Crippen LogP contribution in [0.2, 0.25) is 0 Å². The number of nitrogens with zero attached hydrogens (tertiary/aromatic N) is 2. The van der Waals surface area contributed by atoms with Gasteiger partial charge in [-0.2, -0.15) is 5.10 Å². The quantitative estimate of drug-likeness (QED) is 0.640. The molecule has 2 aromatic carbocycles. The second-order valence-corrected chi connectivity index (χ2v) is 9.74. The van der Waals surface area contributed by atoms with Crippen LogP contribution in [-0.2, 0) is 16.4 Å². The largest absolute Gasteiger partial charge is 0.496 e. The van der Waals surface area contributed by atoms with Gasteiger partial charge in [0.1, 0.15) is 10.6 Å². The number of benzene rings is 2. The molecule has 6 nitrogen and oxygen atoms in total. The van der Waals surface area contributed by atoms with E-state index in [9.17, 15) is 8.42 Å². The number of hydrogen-bond donors (Lipinski definition) is 1. The van der Waals surface area contributed by atoms with Gasteiger partial charge in [0, 0.05) is 18.4 Å². The Labute approximate surface area is 177 Å². The Kier molecular flexibility index (Phi) is 5.92. The van der Waals surface area contributed by atoms with Gasteiger partial charge in [-0.1, -0.05) is 48.9 Å². The number of para-hydroxylation sites is 1. The van der Waals surface area contributed by atoms with E-state index in [-0.39, 0.29) is 6.04 Å². The lowest BCUT2D eigenvalue weighted by atomic mass is 9.95. The van der Waals surface area contributed by atoms with Gasteiger partial charge in [0.05, 0.1) is 25.0 Å². The standard InChI is InChI=1S/C23H27N3O3S/c1-29-21-13-6-5-11-19(21)18-10-4-3-9-17(18)16-26-14-8-7-12-20(26)23-22(15-24-25-23)30(2,27)28/h3-6,9-11,13,15,20H,7-8,12,14,16H2,1-2H3,(H,24,25)/t20-/m0/s1. The first kappa shape index (κ1) is 20.6. The Bertz CT molecular complexity index is 1120. The lowest BCUT2D eigenvalue weighted by molar-refractivity contribution is 0.135. The van der Waals surface area contributed by atoms with Crippen molar-refractivity contribution in [3.8, 4) is 16.9 Å². The van der Waals surface area contributed by atoms with E-state index in [0.29, 0.717) is 10.6 Å². The van der Waals surface area contributed by atoms with Crippen LogP contribution in [0.5, 0.6) is 5.75 Å². The van der Waals surface area contributed by atoms with E-state index in [1.165, 1.54) is 18.0 Å². The molecule has 0 aliphatic carbocycles. The highest BCUT2D eigenvalue weighted by molar-refractivity contribution is 7.90. The Morgan fingerprint density at radius 2 is 1.83 bits per heavy atom. The van der Waals surface area contributed by atoms with Crippen LogP contribution in [0.15, 0.2) is 59.6 Å². The zero-order valence-electron chi connectivity index (χ0n) is 17.3. The van der Waals surface area contributed by atoms with Gasteiger partial charge in [-0.05, 0) is 36.6 Å². The minimum atomic E-state index is -3.33. The predicted molar refractivity (Wildman–Crippen MR) is 117 cm³/mol. The topological polar surface area (TPSA) is 75.3 Å². The van der Waals surface area contributed by atoms with E-state index in [1.54, 1.807) is 7.11 Å². The van der Waals surface area contributed by atoms with Gasteiger partial charge < -0.3 is 4.74 Å². The summed E-state index contributed by atoms with van der Waals surface area (Å²) in [6, 6.07) is 16.4. The molecule has 4 rings (SSSR count). The number of H-pyrrole nitrogens is 1. The maximum Gasteiger partial charge on any atom is 0.178 e. The summed E-state index contributed by atoms with van der Waals surface area (Å²) in [5, 5.41) is 7.02. The fraction of sp³-hybridized carbons (Fsp3) is 0.348. The van der Waals surface area contributed by atoms with Gasteiger partial charge in [-0.3, -0.25) is 10.00 Å². The Morgan fingerprint density at radius 3 is 2.60 bits per heavy atom. The maximum atomic E-state index is 12.2. The first-order valence-corrected chi connectivity index (χ1v) is 12.1. The van der Waals surface area contributed by atoms with Crippen LogP contribution in [0, 0.1) is 0 Å². The van der Waals surface area contributed by atoms with Crippen molar-refractivity contribution < 1.29 is 13.2 Å². The van der Waals surface area contributed by atoms with Crippen LogP contribution in [0.25, 0.3) is 11.1 Å². The number of aromatic amines is 1. The zero-order valence-corrected chi connectivity index (χ0v) is 18.2. The molecule has 0 radical (unpaired) electrons. The third-order valence-electron chi connectivity index (χ3n) is 5.77. The van der Waals surface area contributed by atoms with Crippen molar-refractivity contribution in [2.75, 3.05) is 19.9 Å². The Hall–Kier alpha value is -2.64. The van der Waals surface area contributed by atoms with Crippen molar-refractivity contribution in [3.63, 3.8) is 0 Å². The molecule has 3 aromatic rings. The van der Waals surface area contributed by atoms with Crippen molar-refractivity contribution in [2.45, 2.75) is 36.7 Å². The molecule has 1 aliphatic rings. The smallest absolute Gasteiger partial charge is 0.178 e. The van der Waals surface area contributed by atoms with Gasteiger partial charge in [0.25, 0.3) is 0 Å². The number of sulfone groups is 1. The molecule has 30 heavy (non-hydrogen) atoms. The molecular weight excluding hydrogens is 398 g/mol. The molecule has 7 heteroatoms. The third kappa shape index (κ3) is 4.13. The monoisotopic (exact) mass is 425 g/mol. The van der Waals surface area contributed by atoms with Crippen molar-refractivity contribution in [2.24, 2.45) is 0 Å². The summed E-state index contributed by atoms with van der Waals surface area (Å²) in [5.41, 5.74) is 4.08. The Balaban J connectivity index is 1.70. The number of likely N-dealkylation sites (tertiary alicyclic amines) is 1. The van der Waals surface area contributed by atoms with Crippen LogP contribution in [0.3, 0.4) is 0 Å². The molecule has 0 spiro atoms. The van der Waals surface area contributed by atoms with Crippen LogP contribution < -0.4 is 4.74 Å². The second kappa shape index (κ2) is 8.62. The summed E-state index contributed by atoms with van der Waals surface area (Å²) in [4.78, 5) is 2.66. The maximum absolute atomic E-state index is 12.2. The minimum Gasteiger partial charge on any atom is -0.496 e. The molecule has 1 N–H and O–H groups in total. The Morgan fingerprint density at radius 1 is 1.10 bits per heavy atom. The summed E-state index contributed by atoms with van der Waals surface area (Å²) < 4.78 is 30.1. The first-order valence-electron chi connectivity index (χ1n) is 10.2. The number of piperidine rings is 1. The van der Waals surface area contributed by atoms with E-state index < -0.39 is 9.84 Å². The number of methoxy groups -OCH3 is 1. The molecule has 0 unspecified atom stereocenters. The number of rotatable bonds is 6. The molecule has 1 aliphatic heterocycles. The van der Waals surface area contributed by atoms with E-state index in [0.717, 1.165) is 49.2 Å². The zero-order chi connectivity index (χ0) is 21.1. The molecule has 158 valence electrons. The summed E-state index contributed by atoms with van der Waals surface area (Å²) in [5.74, 6) is 0.841. The highest BCUT2D eigenvalue weighted by Crippen LogP contribution is 2.37. The van der Waals surface area contributed by atoms with Crippen molar-refractivity contribution in [3.05, 3.63) is 66.0 Å². The lowest BCUT2D eigenvalue weighted by Gasteiger charge is -2.36. The average Bonchev–Trinajstić information content (AvgIpc) is 3.25. The van der Waals surface area contributed by atoms with Crippen LogP contribution >= 0.6 is 0 Å². The molecule has 1 saturated heterocycles. The second-order valence-electron chi connectivity index (χ2n) is 7.76. The third-order valence-corrected chi connectivity index (χ3v) is 6.89. The van der Waals surface area contributed by atoms with Gasteiger partial charge in [0.15, 0.2) is 9.84 Å². The average molecular weight is 426 g/mol. The molecule has 0 amide bonds. The number of ether oxygens (including phenoxy) is 1. The number of nitrogens with one attached hydrogen (secondary N) is 1. The normalized spacial score (nSPS) is 17.7. The highest BCUT2D eigenvalue weighted by Gasteiger charge is 2.30. The predicted octanol–water partition coefficient (Wildman–Crippen LogP) is 4.22. The lowest BCUT2D eigenvalue weighted by Crippen LogP contribution is -2.34. The molecule has 1 aromatic heterocycles. The highest BCUT2D eigenvalue weighted by atomic mass is 32.2. The molecule has 2 heterocycles. The van der Waals surface area contributed by atoms with E-state index in [1.807, 2.05) is 30.3 Å².